The Kier molecular flexibility index (Phi) is 6.88. The fourth-order valence-electron chi connectivity index (χ4n) is 5.08. The van der Waals surface area contributed by atoms with Gasteiger partial charge in [-0.05, 0) is 61.3 Å². The van der Waals surface area contributed by atoms with Gasteiger partial charge in [-0.2, -0.15) is 0 Å². The first-order valence-corrected chi connectivity index (χ1v) is 13.2. The molecule has 0 spiro atoms. The van der Waals surface area contributed by atoms with E-state index in [0.29, 0.717) is 0 Å². The molecular weight excluding hydrogens is 456 g/mol. The van der Waals surface area contributed by atoms with Crippen LogP contribution >= 0.6 is 11.3 Å². The number of piperazine rings is 1. The van der Waals surface area contributed by atoms with Crippen molar-refractivity contribution in [3.05, 3.63) is 76.5 Å². The second-order valence-corrected chi connectivity index (χ2v) is 10.3. The molecule has 0 radical (unpaired) electrons. The molecule has 0 bridgehead atoms. The van der Waals surface area contributed by atoms with Gasteiger partial charge in [-0.1, -0.05) is 30.7 Å². The summed E-state index contributed by atoms with van der Waals surface area (Å²) in [5.74, 6) is -0.589. The van der Waals surface area contributed by atoms with Crippen LogP contribution in [0.15, 0.2) is 66.0 Å². The third kappa shape index (κ3) is 4.97. The zero-order valence-corrected chi connectivity index (χ0v) is 21.1. The van der Waals surface area contributed by atoms with E-state index >= 15 is 0 Å². The van der Waals surface area contributed by atoms with Gasteiger partial charge in [0.1, 0.15) is 0 Å². The van der Waals surface area contributed by atoms with Gasteiger partial charge in [0.25, 0.3) is 0 Å². The van der Waals surface area contributed by atoms with Crippen LogP contribution in [0.2, 0.25) is 0 Å². The number of nitrogens with zero attached hydrogens (tertiary/aromatic N) is 3. The SMILES string of the molecule is CCN1CCN(c2ccc(NC(=O)C3CC(=O)N(c4ccc(C)cc4)C3c3cccs3)cc2)CC1. The Bertz CT molecular complexity index is 1150. The third-order valence-electron chi connectivity index (χ3n) is 7.13. The number of carbonyl (C=O) groups is 2. The van der Waals surface area contributed by atoms with Crippen molar-refractivity contribution in [3.8, 4) is 0 Å². The van der Waals surface area contributed by atoms with E-state index in [2.05, 4.69) is 34.2 Å². The summed E-state index contributed by atoms with van der Waals surface area (Å²) >= 11 is 1.59. The van der Waals surface area contributed by atoms with Gasteiger partial charge in [0.2, 0.25) is 11.8 Å². The smallest absolute Gasteiger partial charge is 0.230 e. The van der Waals surface area contributed by atoms with Crippen LogP contribution in [-0.4, -0.2) is 49.4 Å². The van der Waals surface area contributed by atoms with Gasteiger partial charge in [0.15, 0.2) is 0 Å². The Morgan fingerprint density at radius 3 is 2.29 bits per heavy atom. The standard InChI is InChI=1S/C28H32N4O2S/c1-3-30-14-16-31(17-15-30)22-12-8-21(9-13-22)29-28(34)24-19-26(33)32(23-10-6-20(2)7-11-23)27(24)25-5-4-18-35-25/h4-13,18,24,27H,3,14-17,19H2,1-2H3,(H,29,34). The van der Waals surface area contributed by atoms with Crippen molar-refractivity contribution >= 4 is 40.2 Å². The number of amides is 2. The molecule has 1 aromatic heterocycles. The minimum Gasteiger partial charge on any atom is -0.369 e. The second-order valence-electron chi connectivity index (χ2n) is 9.33. The van der Waals surface area contributed by atoms with Crippen LogP contribution in [0.5, 0.6) is 0 Å². The van der Waals surface area contributed by atoms with Crippen LogP contribution in [0.25, 0.3) is 0 Å². The monoisotopic (exact) mass is 488 g/mol. The van der Waals surface area contributed by atoms with E-state index in [9.17, 15) is 9.59 Å². The molecule has 2 atom stereocenters. The topological polar surface area (TPSA) is 55.9 Å². The first-order chi connectivity index (χ1) is 17.0. The molecule has 2 fully saturated rings. The van der Waals surface area contributed by atoms with Crippen molar-refractivity contribution in [3.63, 3.8) is 0 Å². The maximum Gasteiger partial charge on any atom is 0.230 e. The molecule has 2 aromatic carbocycles. The number of anilines is 3. The van der Waals surface area contributed by atoms with Crippen molar-refractivity contribution in [2.45, 2.75) is 26.3 Å². The predicted molar refractivity (Wildman–Crippen MR) is 143 cm³/mol. The number of nitrogens with one attached hydrogen (secondary N) is 1. The molecule has 2 saturated heterocycles. The lowest BCUT2D eigenvalue weighted by atomic mass is 9.97. The normalized spacial score (nSPS) is 20.9. The van der Waals surface area contributed by atoms with Crippen molar-refractivity contribution in [1.29, 1.82) is 0 Å². The Morgan fingerprint density at radius 2 is 1.66 bits per heavy atom. The number of rotatable bonds is 6. The molecule has 2 amide bonds. The molecule has 182 valence electrons. The predicted octanol–water partition coefficient (Wildman–Crippen LogP) is 4.93. The van der Waals surface area contributed by atoms with Crippen molar-refractivity contribution < 1.29 is 9.59 Å². The lowest BCUT2D eigenvalue weighted by Crippen LogP contribution is -2.46. The van der Waals surface area contributed by atoms with E-state index in [1.54, 1.807) is 16.2 Å². The Balaban J connectivity index is 1.32. The van der Waals surface area contributed by atoms with E-state index < -0.39 is 5.92 Å². The van der Waals surface area contributed by atoms with Crippen LogP contribution in [0.4, 0.5) is 17.1 Å². The summed E-state index contributed by atoms with van der Waals surface area (Å²) in [4.78, 5) is 34.3. The molecule has 5 rings (SSSR count). The highest BCUT2D eigenvalue weighted by Crippen LogP contribution is 2.43. The third-order valence-corrected chi connectivity index (χ3v) is 8.07. The van der Waals surface area contributed by atoms with Crippen molar-refractivity contribution in [2.75, 3.05) is 47.8 Å². The van der Waals surface area contributed by atoms with Crippen LogP contribution in [0.3, 0.4) is 0 Å². The first-order valence-electron chi connectivity index (χ1n) is 12.3. The molecule has 3 aromatic rings. The molecular formula is C28H32N4O2S. The van der Waals surface area contributed by atoms with E-state index in [0.717, 1.165) is 54.5 Å². The van der Waals surface area contributed by atoms with Crippen LogP contribution < -0.4 is 15.1 Å². The Hall–Kier alpha value is -3.16. The van der Waals surface area contributed by atoms with Crippen LogP contribution in [0, 0.1) is 12.8 Å². The highest BCUT2D eigenvalue weighted by Gasteiger charge is 2.45. The average molecular weight is 489 g/mol. The zero-order valence-electron chi connectivity index (χ0n) is 20.3. The summed E-state index contributed by atoms with van der Waals surface area (Å²) in [5, 5.41) is 5.08. The highest BCUT2D eigenvalue weighted by molar-refractivity contribution is 7.10. The quantitative estimate of drug-likeness (QED) is 0.535. The zero-order chi connectivity index (χ0) is 24.4. The number of carbonyl (C=O) groups excluding carboxylic acids is 2. The van der Waals surface area contributed by atoms with Gasteiger partial charge in [-0.3, -0.25) is 9.59 Å². The number of aryl methyl sites for hydroxylation is 1. The maximum atomic E-state index is 13.5. The van der Waals surface area contributed by atoms with Gasteiger partial charge < -0.3 is 20.0 Å². The van der Waals surface area contributed by atoms with Crippen LogP contribution in [-0.2, 0) is 9.59 Å². The summed E-state index contributed by atoms with van der Waals surface area (Å²) < 4.78 is 0. The van der Waals surface area contributed by atoms with Gasteiger partial charge in [0.05, 0.1) is 12.0 Å². The molecule has 2 aliphatic heterocycles. The summed E-state index contributed by atoms with van der Waals surface area (Å²) in [7, 11) is 0. The number of hydrogen-bond acceptors (Lipinski definition) is 5. The molecule has 1 N–H and O–H groups in total. The molecule has 0 saturated carbocycles. The van der Waals surface area contributed by atoms with Crippen molar-refractivity contribution in [2.24, 2.45) is 5.92 Å². The first kappa shape index (κ1) is 23.6. The lowest BCUT2D eigenvalue weighted by Gasteiger charge is -2.35. The van der Waals surface area contributed by atoms with Crippen molar-refractivity contribution in [1.82, 2.24) is 4.90 Å². The minimum atomic E-state index is -0.454. The molecule has 6 nitrogen and oxygen atoms in total. The number of likely N-dealkylation sites (N-methyl/N-ethyl adjacent to an activating group) is 1. The fraction of sp³-hybridized carbons (Fsp3) is 0.357. The van der Waals surface area contributed by atoms with Crippen LogP contribution in [0.1, 0.15) is 29.8 Å². The fourth-order valence-corrected chi connectivity index (χ4v) is 5.96. The summed E-state index contributed by atoms with van der Waals surface area (Å²) in [6, 6.07) is 19.7. The number of benzene rings is 2. The number of hydrogen-bond donors (Lipinski definition) is 1. The molecule has 2 aliphatic rings. The Labute approximate surface area is 211 Å². The maximum absolute atomic E-state index is 13.5. The number of thiophene rings is 1. The van der Waals surface area contributed by atoms with E-state index in [1.807, 2.05) is 60.8 Å². The lowest BCUT2D eigenvalue weighted by molar-refractivity contribution is -0.122. The summed E-state index contributed by atoms with van der Waals surface area (Å²) in [6.45, 7) is 9.50. The molecule has 7 heteroatoms. The largest absolute Gasteiger partial charge is 0.369 e. The average Bonchev–Trinajstić information content (AvgIpc) is 3.53. The van der Waals surface area contributed by atoms with E-state index in [1.165, 1.54) is 5.69 Å². The van der Waals surface area contributed by atoms with Gasteiger partial charge >= 0.3 is 0 Å². The summed E-state index contributed by atoms with van der Waals surface area (Å²) in [6.07, 6.45) is 0.196. The van der Waals surface area contributed by atoms with Gasteiger partial charge in [-0.25, -0.2) is 0 Å². The summed E-state index contributed by atoms with van der Waals surface area (Å²) in [5.41, 5.74) is 3.91. The van der Waals surface area contributed by atoms with Gasteiger partial charge in [0, 0.05) is 54.5 Å². The molecule has 35 heavy (non-hydrogen) atoms. The van der Waals surface area contributed by atoms with E-state index in [-0.39, 0.29) is 24.3 Å². The molecule has 2 unspecified atom stereocenters. The Morgan fingerprint density at radius 1 is 0.971 bits per heavy atom. The molecule has 3 heterocycles. The van der Waals surface area contributed by atoms with Gasteiger partial charge in [-0.15, -0.1) is 11.3 Å². The van der Waals surface area contributed by atoms with E-state index in [4.69, 9.17) is 0 Å². The minimum absolute atomic E-state index is 0.0195. The highest BCUT2D eigenvalue weighted by atomic mass is 32.1. The second kappa shape index (κ2) is 10.2. The molecule has 0 aliphatic carbocycles.